The zero-order valence-electron chi connectivity index (χ0n) is 10.2. The Morgan fingerprint density at radius 3 is 2.94 bits per heavy atom. The second kappa shape index (κ2) is 4.35. The molecule has 0 amide bonds. The van der Waals surface area contributed by atoms with Gasteiger partial charge in [0, 0.05) is 24.6 Å². The lowest BCUT2D eigenvalue weighted by Gasteiger charge is -2.26. The summed E-state index contributed by atoms with van der Waals surface area (Å²) in [5.41, 5.74) is 2.31. The highest BCUT2D eigenvalue weighted by atomic mass is 32.2. The zero-order valence-corrected chi connectivity index (χ0v) is 11.0. The molecule has 2 aromatic rings. The number of hydrogen-bond acceptors (Lipinski definition) is 3. The highest BCUT2D eigenvalue weighted by Gasteiger charge is 2.23. The molecule has 0 radical (unpaired) electrons. The van der Waals surface area contributed by atoms with Crippen LogP contribution in [0.25, 0.3) is 11.0 Å². The van der Waals surface area contributed by atoms with E-state index < -0.39 is 0 Å². The van der Waals surface area contributed by atoms with Crippen molar-refractivity contribution < 1.29 is 0 Å². The molecule has 1 fully saturated rings. The minimum Gasteiger partial charge on any atom is -0.330 e. The van der Waals surface area contributed by atoms with Crippen LogP contribution in [0.2, 0.25) is 0 Å². The number of rotatable bonds is 1. The fraction of sp³-hybridized carbons (Fsp3) is 0.462. The number of para-hydroxylation sites is 2. The molecule has 4 heteroatoms. The maximum Gasteiger partial charge on any atom is 0.127 e. The Morgan fingerprint density at radius 1 is 1.41 bits per heavy atom. The number of imidazole rings is 1. The van der Waals surface area contributed by atoms with Crippen LogP contribution in [-0.4, -0.2) is 27.1 Å². The molecular weight excluding hydrogens is 230 g/mol. The second-order valence-corrected chi connectivity index (χ2v) is 6.09. The van der Waals surface area contributed by atoms with E-state index >= 15 is 0 Å². The van der Waals surface area contributed by atoms with E-state index in [2.05, 4.69) is 42.1 Å². The number of nitrogens with one attached hydrogen (secondary N) is 1. The third-order valence-corrected chi connectivity index (χ3v) is 4.59. The monoisotopic (exact) mass is 247 g/mol. The predicted molar refractivity (Wildman–Crippen MR) is 73.4 cm³/mol. The van der Waals surface area contributed by atoms with Crippen LogP contribution in [0.4, 0.5) is 0 Å². The van der Waals surface area contributed by atoms with Crippen molar-refractivity contribution in [3.8, 4) is 0 Å². The molecule has 1 aromatic heterocycles. The van der Waals surface area contributed by atoms with Crippen molar-refractivity contribution >= 4 is 22.8 Å². The first-order valence-electron chi connectivity index (χ1n) is 6.02. The molecule has 0 spiro atoms. The minimum atomic E-state index is 0.383. The van der Waals surface area contributed by atoms with Gasteiger partial charge in [0.2, 0.25) is 0 Å². The average Bonchev–Trinajstić information content (AvgIpc) is 2.69. The molecule has 90 valence electrons. The molecule has 1 saturated heterocycles. The molecule has 3 nitrogen and oxygen atoms in total. The molecule has 17 heavy (non-hydrogen) atoms. The summed E-state index contributed by atoms with van der Waals surface area (Å²) in [6.07, 6.45) is 0. The van der Waals surface area contributed by atoms with Crippen molar-refractivity contribution in [1.29, 1.82) is 0 Å². The van der Waals surface area contributed by atoms with Crippen molar-refractivity contribution in [2.45, 2.75) is 18.2 Å². The molecule has 2 heterocycles. The van der Waals surface area contributed by atoms with Gasteiger partial charge in [0.15, 0.2) is 0 Å². The Balaban J connectivity index is 1.97. The summed E-state index contributed by atoms with van der Waals surface area (Å²) in [6, 6.07) is 8.71. The topological polar surface area (TPSA) is 29.9 Å². The standard InChI is InChI=1S/C13H17N3S/c1-9-7-14-11(8-17-9)13-15-10-5-3-4-6-12(10)16(13)2/h3-6,9,11,14H,7-8H2,1-2H3. The SMILES string of the molecule is CC1CNC(c2nc3ccccc3n2C)CS1. The Labute approximate surface area is 106 Å². The molecule has 0 bridgehead atoms. The van der Waals surface area contributed by atoms with E-state index in [9.17, 15) is 0 Å². The fourth-order valence-corrected chi connectivity index (χ4v) is 3.33. The quantitative estimate of drug-likeness (QED) is 0.839. The number of thioether (sulfide) groups is 1. The van der Waals surface area contributed by atoms with Crippen molar-refractivity contribution in [3.05, 3.63) is 30.1 Å². The summed E-state index contributed by atoms with van der Waals surface area (Å²) in [7, 11) is 2.11. The van der Waals surface area contributed by atoms with E-state index in [1.165, 1.54) is 5.52 Å². The van der Waals surface area contributed by atoms with Crippen LogP contribution in [0.5, 0.6) is 0 Å². The van der Waals surface area contributed by atoms with Crippen molar-refractivity contribution in [3.63, 3.8) is 0 Å². The third-order valence-electron chi connectivity index (χ3n) is 3.33. The number of benzene rings is 1. The fourth-order valence-electron chi connectivity index (χ4n) is 2.33. The van der Waals surface area contributed by atoms with E-state index in [0.29, 0.717) is 11.3 Å². The Morgan fingerprint density at radius 2 is 2.24 bits per heavy atom. The number of fused-ring (bicyclic) bond motifs is 1. The molecular formula is C13H17N3S. The first-order chi connectivity index (χ1) is 8.25. The van der Waals surface area contributed by atoms with Crippen molar-refractivity contribution in [1.82, 2.24) is 14.9 Å². The van der Waals surface area contributed by atoms with Crippen LogP contribution in [0.15, 0.2) is 24.3 Å². The maximum atomic E-state index is 4.75. The summed E-state index contributed by atoms with van der Waals surface area (Å²) in [5, 5.41) is 4.29. The van der Waals surface area contributed by atoms with Crippen LogP contribution >= 0.6 is 11.8 Å². The maximum absolute atomic E-state index is 4.75. The van der Waals surface area contributed by atoms with Gasteiger partial charge in [-0.05, 0) is 12.1 Å². The van der Waals surface area contributed by atoms with Gasteiger partial charge >= 0.3 is 0 Å². The number of aryl methyl sites for hydroxylation is 1. The van der Waals surface area contributed by atoms with Crippen LogP contribution < -0.4 is 5.32 Å². The van der Waals surface area contributed by atoms with Crippen molar-refractivity contribution in [2.75, 3.05) is 12.3 Å². The lowest BCUT2D eigenvalue weighted by Crippen LogP contribution is -2.35. The molecule has 2 unspecified atom stereocenters. The number of aromatic nitrogens is 2. The normalized spacial score (nSPS) is 25.3. The summed E-state index contributed by atoms with van der Waals surface area (Å²) in [6.45, 7) is 3.33. The first-order valence-corrected chi connectivity index (χ1v) is 7.07. The molecule has 3 rings (SSSR count). The molecule has 0 saturated carbocycles. The van der Waals surface area contributed by atoms with E-state index in [1.54, 1.807) is 0 Å². The van der Waals surface area contributed by atoms with Gasteiger partial charge in [-0.1, -0.05) is 19.1 Å². The zero-order chi connectivity index (χ0) is 11.8. The van der Waals surface area contributed by atoms with Gasteiger partial charge < -0.3 is 9.88 Å². The lowest BCUT2D eigenvalue weighted by molar-refractivity contribution is 0.526. The Hall–Kier alpha value is -1.000. The molecule has 1 aliphatic rings. The third kappa shape index (κ3) is 1.96. The van der Waals surface area contributed by atoms with Gasteiger partial charge in [0.25, 0.3) is 0 Å². The summed E-state index contributed by atoms with van der Waals surface area (Å²) < 4.78 is 2.21. The van der Waals surface area contributed by atoms with Gasteiger partial charge in [0.1, 0.15) is 5.82 Å². The van der Waals surface area contributed by atoms with Crippen LogP contribution in [0.1, 0.15) is 18.8 Å². The molecule has 1 N–H and O–H groups in total. The minimum absolute atomic E-state index is 0.383. The summed E-state index contributed by atoms with van der Waals surface area (Å²) in [5.74, 6) is 2.27. The van der Waals surface area contributed by atoms with E-state index in [1.807, 2.05) is 17.8 Å². The van der Waals surface area contributed by atoms with E-state index in [4.69, 9.17) is 4.98 Å². The predicted octanol–water partition coefficient (Wildman–Crippen LogP) is 2.34. The van der Waals surface area contributed by atoms with Gasteiger partial charge in [0.05, 0.1) is 17.1 Å². The summed E-state index contributed by atoms with van der Waals surface area (Å²) >= 11 is 2.02. The number of nitrogens with zero attached hydrogens (tertiary/aromatic N) is 2. The lowest BCUT2D eigenvalue weighted by atomic mass is 10.3. The highest BCUT2D eigenvalue weighted by Crippen LogP contribution is 2.27. The van der Waals surface area contributed by atoms with Gasteiger partial charge in [-0.3, -0.25) is 0 Å². The smallest absolute Gasteiger partial charge is 0.127 e. The van der Waals surface area contributed by atoms with Gasteiger partial charge in [-0.2, -0.15) is 11.8 Å². The van der Waals surface area contributed by atoms with Gasteiger partial charge in [-0.25, -0.2) is 4.98 Å². The van der Waals surface area contributed by atoms with E-state index in [0.717, 1.165) is 23.6 Å². The van der Waals surface area contributed by atoms with Crippen LogP contribution in [0, 0.1) is 0 Å². The second-order valence-electron chi connectivity index (χ2n) is 4.62. The van der Waals surface area contributed by atoms with Gasteiger partial charge in [-0.15, -0.1) is 0 Å². The summed E-state index contributed by atoms with van der Waals surface area (Å²) in [4.78, 5) is 4.75. The largest absolute Gasteiger partial charge is 0.330 e. The molecule has 1 aromatic carbocycles. The molecule has 0 aliphatic carbocycles. The van der Waals surface area contributed by atoms with Crippen molar-refractivity contribution in [2.24, 2.45) is 7.05 Å². The first kappa shape index (κ1) is 11.1. The van der Waals surface area contributed by atoms with Crippen LogP contribution in [0.3, 0.4) is 0 Å². The Kier molecular flexibility index (Phi) is 2.84. The average molecular weight is 247 g/mol. The molecule has 1 aliphatic heterocycles. The highest BCUT2D eigenvalue weighted by molar-refractivity contribution is 8.00. The number of hydrogen-bond donors (Lipinski definition) is 1. The Bertz CT molecular complexity index is 526. The van der Waals surface area contributed by atoms with E-state index in [-0.39, 0.29) is 0 Å². The molecule has 2 atom stereocenters. The van der Waals surface area contributed by atoms with Crippen LogP contribution in [-0.2, 0) is 7.05 Å².